The Hall–Kier alpha value is -2.01. The van der Waals surface area contributed by atoms with Crippen molar-refractivity contribution in [1.29, 1.82) is 0 Å². The smallest absolute Gasteiger partial charge is 0.362 e. The van der Waals surface area contributed by atoms with Crippen LogP contribution in [0.1, 0.15) is 19.3 Å². The van der Waals surface area contributed by atoms with Gasteiger partial charge < -0.3 is 14.6 Å². The molecule has 1 aromatic carbocycles. The zero-order valence-electron chi connectivity index (χ0n) is 12.1. The zero-order valence-corrected chi connectivity index (χ0v) is 12.9. The van der Waals surface area contributed by atoms with Gasteiger partial charge in [-0.2, -0.15) is 0 Å². The van der Waals surface area contributed by atoms with Crippen molar-refractivity contribution in [3.63, 3.8) is 0 Å². The number of rotatable bonds is 3. The Morgan fingerprint density at radius 3 is 2.68 bits per heavy atom. The van der Waals surface area contributed by atoms with Crippen LogP contribution >= 0.6 is 11.6 Å². The summed E-state index contributed by atoms with van der Waals surface area (Å²) in [5.41, 5.74) is 0.908. The Kier molecular flexibility index (Phi) is 4.34. The summed E-state index contributed by atoms with van der Waals surface area (Å²) in [4.78, 5) is 26.1. The SMILES string of the molecule is O=C(CCl)Nc1c(N2CCCCC2)c2ccccc2oc1=O. The summed E-state index contributed by atoms with van der Waals surface area (Å²) in [6.07, 6.45) is 3.31. The number of carbonyl (C=O) groups is 1. The summed E-state index contributed by atoms with van der Waals surface area (Å²) < 4.78 is 5.33. The molecule has 116 valence electrons. The summed E-state index contributed by atoms with van der Waals surface area (Å²) in [5, 5.41) is 3.43. The van der Waals surface area contributed by atoms with Crippen molar-refractivity contribution in [3.05, 3.63) is 34.7 Å². The van der Waals surface area contributed by atoms with Gasteiger partial charge in [-0.3, -0.25) is 4.79 Å². The first-order valence-electron chi connectivity index (χ1n) is 7.37. The van der Waals surface area contributed by atoms with E-state index < -0.39 is 11.5 Å². The summed E-state index contributed by atoms with van der Waals surface area (Å²) in [6, 6.07) is 7.38. The largest absolute Gasteiger partial charge is 0.421 e. The minimum Gasteiger partial charge on any atom is -0.421 e. The molecule has 1 aliphatic heterocycles. The molecule has 0 radical (unpaired) electrons. The Morgan fingerprint density at radius 2 is 1.95 bits per heavy atom. The summed E-state index contributed by atoms with van der Waals surface area (Å²) >= 11 is 5.55. The minimum atomic E-state index is -0.544. The molecule has 2 aromatic rings. The Bertz CT molecular complexity index is 751. The van der Waals surface area contributed by atoms with E-state index in [-0.39, 0.29) is 11.6 Å². The van der Waals surface area contributed by atoms with E-state index in [2.05, 4.69) is 10.2 Å². The Labute approximate surface area is 132 Å². The fourth-order valence-corrected chi connectivity index (χ4v) is 2.93. The number of amides is 1. The second-order valence-electron chi connectivity index (χ2n) is 5.34. The van der Waals surface area contributed by atoms with Gasteiger partial charge in [0.25, 0.3) is 0 Å². The molecule has 0 atom stereocenters. The molecule has 1 N–H and O–H groups in total. The van der Waals surface area contributed by atoms with E-state index in [9.17, 15) is 9.59 Å². The van der Waals surface area contributed by atoms with E-state index >= 15 is 0 Å². The van der Waals surface area contributed by atoms with Gasteiger partial charge >= 0.3 is 5.63 Å². The molecule has 0 aliphatic carbocycles. The molecule has 0 saturated carbocycles. The predicted molar refractivity (Wildman–Crippen MR) is 87.9 cm³/mol. The van der Waals surface area contributed by atoms with Crippen molar-refractivity contribution >= 4 is 39.9 Å². The molecule has 1 aliphatic rings. The third kappa shape index (κ3) is 2.81. The molecule has 6 heteroatoms. The van der Waals surface area contributed by atoms with Crippen molar-refractivity contribution in [2.24, 2.45) is 0 Å². The number of nitrogens with one attached hydrogen (secondary N) is 1. The maximum atomic E-state index is 12.3. The van der Waals surface area contributed by atoms with Crippen LogP contribution in [0.4, 0.5) is 11.4 Å². The number of carbonyl (C=O) groups excluding carboxylic acids is 1. The molecule has 0 bridgehead atoms. The van der Waals surface area contributed by atoms with Crippen molar-refractivity contribution in [2.45, 2.75) is 19.3 Å². The van der Waals surface area contributed by atoms with Crippen LogP contribution in [-0.4, -0.2) is 24.9 Å². The number of para-hydroxylation sites is 1. The zero-order chi connectivity index (χ0) is 15.5. The number of hydrogen-bond acceptors (Lipinski definition) is 4. The quantitative estimate of drug-likeness (QED) is 0.697. The van der Waals surface area contributed by atoms with E-state index in [1.807, 2.05) is 18.2 Å². The molecule has 1 fully saturated rings. The molecule has 1 amide bonds. The maximum absolute atomic E-state index is 12.3. The third-order valence-electron chi connectivity index (χ3n) is 3.84. The first-order chi connectivity index (χ1) is 10.7. The van der Waals surface area contributed by atoms with Gasteiger partial charge in [-0.15, -0.1) is 11.6 Å². The van der Waals surface area contributed by atoms with Crippen molar-refractivity contribution in [2.75, 3.05) is 29.2 Å². The normalized spacial score (nSPS) is 15.0. The van der Waals surface area contributed by atoms with Gasteiger partial charge in [0.1, 0.15) is 11.5 Å². The van der Waals surface area contributed by atoms with Crippen LogP contribution in [0.15, 0.2) is 33.5 Å². The average molecular weight is 321 g/mol. The second kappa shape index (κ2) is 6.40. The molecule has 0 spiro atoms. The van der Waals surface area contributed by atoms with E-state index in [0.29, 0.717) is 5.58 Å². The van der Waals surface area contributed by atoms with Crippen molar-refractivity contribution in [1.82, 2.24) is 0 Å². The number of anilines is 2. The molecular formula is C16H17ClN2O3. The van der Waals surface area contributed by atoms with Gasteiger partial charge in [-0.1, -0.05) is 12.1 Å². The molecule has 3 rings (SSSR count). The number of halogens is 1. The highest BCUT2D eigenvalue weighted by atomic mass is 35.5. The minimum absolute atomic E-state index is 0.186. The van der Waals surface area contributed by atoms with Crippen LogP contribution in [0.3, 0.4) is 0 Å². The molecule has 5 nitrogen and oxygen atoms in total. The van der Waals surface area contributed by atoms with E-state index in [1.54, 1.807) is 6.07 Å². The van der Waals surface area contributed by atoms with Crippen LogP contribution in [0.2, 0.25) is 0 Å². The van der Waals surface area contributed by atoms with Crippen LogP contribution in [0, 0.1) is 0 Å². The molecule has 1 saturated heterocycles. The monoisotopic (exact) mass is 320 g/mol. The third-order valence-corrected chi connectivity index (χ3v) is 4.09. The van der Waals surface area contributed by atoms with E-state index in [0.717, 1.165) is 37.0 Å². The topological polar surface area (TPSA) is 62.6 Å². The van der Waals surface area contributed by atoms with Gasteiger partial charge in [0.15, 0.2) is 5.69 Å². The number of nitrogens with zero attached hydrogens (tertiary/aromatic N) is 1. The van der Waals surface area contributed by atoms with Crippen LogP contribution in [0.25, 0.3) is 11.0 Å². The highest BCUT2D eigenvalue weighted by Crippen LogP contribution is 2.33. The number of fused-ring (bicyclic) bond motifs is 1. The molecule has 1 aromatic heterocycles. The van der Waals surface area contributed by atoms with E-state index in [4.69, 9.17) is 16.0 Å². The van der Waals surface area contributed by atoms with Crippen molar-refractivity contribution in [3.8, 4) is 0 Å². The van der Waals surface area contributed by atoms with Crippen LogP contribution < -0.4 is 15.8 Å². The Morgan fingerprint density at radius 1 is 1.23 bits per heavy atom. The maximum Gasteiger partial charge on any atom is 0.362 e. The van der Waals surface area contributed by atoms with Gasteiger partial charge in [0.2, 0.25) is 5.91 Å². The van der Waals surface area contributed by atoms with Crippen LogP contribution in [-0.2, 0) is 4.79 Å². The highest BCUT2D eigenvalue weighted by Gasteiger charge is 2.22. The number of benzene rings is 1. The number of piperidine rings is 1. The molecule has 2 heterocycles. The summed E-state index contributed by atoms with van der Waals surface area (Å²) in [7, 11) is 0. The van der Waals surface area contributed by atoms with Crippen molar-refractivity contribution < 1.29 is 9.21 Å². The second-order valence-corrected chi connectivity index (χ2v) is 5.61. The standard InChI is InChI=1S/C16H17ClN2O3/c17-10-13(20)18-14-15(19-8-4-1-5-9-19)11-6-2-3-7-12(11)22-16(14)21/h2-3,6-7H,1,4-5,8-10H2,(H,18,20). The first-order valence-corrected chi connectivity index (χ1v) is 7.91. The summed E-state index contributed by atoms with van der Waals surface area (Å²) in [5.74, 6) is -0.617. The summed E-state index contributed by atoms with van der Waals surface area (Å²) in [6.45, 7) is 1.72. The first kappa shape index (κ1) is 14.9. The average Bonchev–Trinajstić information content (AvgIpc) is 2.56. The number of alkyl halides is 1. The lowest BCUT2D eigenvalue weighted by atomic mass is 10.1. The predicted octanol–water partition coefficient (Wildman–Crippen LogP) is 2.96. The number of hydrogen-bond donors (Lipinski definition) is 1. The lowest BCUT2D eigenvalue weighted by Crippen LogP contribution is -2.32. The van der Waals surface area contributed by atoms with Gasteiger partial charge in [0.05, 0.1) is 5.69 Å². The lowest BCUT2D eigenvalue weighted by Gasteiger charge is -2.30. The lowest BCUT2D eigenvalue weighted by molar-refractivity contribution is -0.113. The van der Waals surface area contributed by atoms with Gasteiger partial charge in [0, 0.05) is 18.5 Å². The van der Waals surface area contributed by atoms with Crippen LogP contribution in [0.5, 0.6) is 0 Å². The highest BCUT2D eigenvalue weighted by molar-refractivity contribution is 6.29. The van der Waals surface area contributed by atoms with Gasteiger partial charge in [-0.25, -0.2) is 4.79 Å². The molecule has 22 heavy (non-hydrogen) atoms. The van der Waals surface area contributed by atoms with E-state index in [1.165, 1.54) is 6.42 Å². The molecular weight excluding hydrogens is 304 g/mol. The Balaban J connectivity index is 2.20. The molecule has 0 unspecified atom stereocenters. The van der Waals surface area contributed by atoms with Gasteiger partial charge in [-0.05, 0) is 31.4 Å². The fraction of sp³-hybridized carbons (Fsp3) is 0.375. The fourth-order valence-electron chi connectivity index (χ4n) is 2.86.